The Morgan fingerprint density at radius 3 is 2.40 bits per heavy atom. The van der Waals surface area contributed by atoms with E-state index < -0.39 is 23.8 Å². The van der Waals surface area contributed by atoms with Crippen molar-refractivity contribution in [2.24, 2.45) is 0 Å². The molecule has 43 heavy (non-hydrogen) atoms. The van der Waals surface area contributed by atoms with Gasteiger partial charge in [-0.25, -0.2) is 9.78 Å². The quantitative estimate of drug-likeness (QED) is 0.188. The molecule has 1 atom stereocenters. The number of thioether (sulfide) groups is 1. The molecule has 3 heterocycles. The van der Waals surface area contributed by atoms with Crippen molar-refractivity contribution in [1.29, 1.82) is 0 Å². The summed E-state index contributed by atoms with van der Waals surface area (Å²) < 4.78 is 45.0. The second-order valence-electron chi connectivity index (χ2n) is 10.2. The summed E-state index contributed by atoms with van der Waals surface area (Å²) in [6, 6.07) is 14.8. The van der Waals surface area contributed by atoms with Crippen LogP contribution >= 0.6 is 23.1 Å². The van der Waals surface area contributed by atoms with Gasteiger partial charge in [-0.05, 0) is 61.9 Å². The third-order valence-corrected chi connectivity index (χ3v) is 9.53. The molecule has 1 N–H and O–H groups in total. The summed E-state index contributed by atoms with van der Waals surface area (Å²) in [6.07, 6.45) is -1.76. The van der Waals surface area contributed by atoms with Crippen LogP contribution in [0.25, 0.3) is 10.6 Å². The van der Waals surface area contributed by atoms with Crippen molar-refractivity contribution >= 4 is 34.8 Å². The smallest absolute Gasteiger partial charge is 0.416 e. The van der Waals surface area contributed by atoms with Crippen molar-refractivity contribution in [3.63, 3.8) is 0 Å². The van der Waals surface area contributed by atoms with Gasteiger partial charge in [-0.2, -0.15) is 13.2 Å². The molecule has 12 heteroatoms. The summed E-state index contributed by atoms with van der Waals surface area (Å²) in [4.78, 5) is 26.9. The van der Waals surface area contributed by atoms with Crippen molar-refractivity contribution in [1.82, 2.24) is 14.9 Å². The molecule has 4 aromatic rings. The van der Waals surface area contributed by atoms with Crippen molar-refractivity contribution in [2.45, 2.75) is 43.3 Å². The maximum atomic E-state index is 13.1. The Morgan fingerprint density at radius 2 is 1.77 bits per heavy atom. The molecule has 0 aliphatic carbocycles. The Bertz CT molecular complexity index is 1540. The number of hydrogen-bond donors (Lipinski definition) is 1. The molecule has 1 aliphatic heterocycles. The molecule has 0 amide bonds. The molecule has 5 rings (SSSR count). The highest BCUT2D eigenvalue weighted by Gasteiger charge is 2.30. The van der Waals surface area contributed by atoms with Crippen molar-refractivity contribution in [2.75, 3.05) is 31.1 Å². The number of carboxylic acid groups (broad SMARTS) is 1. The molecule has 2 aromatic heterocycles. The lowest BCUT2D eigenvalue weighted by Crippen LogP contribution is -2.46. The maximum Gasteiger partial charge on any atom is 0.416 e. The van der Waals surface area contributed by atoms with Crippen LogP contribution in [0.2, 0.25) is 0 Å². The largest absolute Gasteiger partial charge is 0.479 e. The van der Waals surface area contributed by atoms with E-state index in [1.807, 2.05) is 31.2 Å². The zero-order valence-corrected chi connectivity index (χ0v) is 25.3. The number of aliphatic carboxylic acids is 1. The van der Waals surface area contributed by atoms with Gasteiger partial charge in [-0.3, -0.25) is 9.88 Å². The summed E-state index contributed by atoms with van der Waals surface area (Å²) in [6.45, 7) is 7.48. The first kappa shape index (κ1) is 30.8. The molecule has 0 spiro atoms. The highest BCUT2D eigenvalue weighted by atomic mass is 32.2. The molecule has 1 saturated heterocycles. The summed E-state index contributed by atoms with van der Waals surface area (Å²) >= 11 is 3.13. The number of ether oxygens (including phenoxy) is 1. The van der Waals surface area contributed by atoms with Gasteiger partial charge in [0.2, 0.25) is 0 Å². The highest BCUT2D eigenvalue weighted by Crippen LogP contribution is 2.36. The van der Waals surface area contributed by atoms with Crippen LogP contribution in [0.4, 0.5) is 18.9 Å². The molecule has 226 valence electrons. The number of piperazine rings is 1. The number of nitrogens with zero attached hydrogens (tertiary/aromatic N) is 4. The lowest BCUT2D eigenvalue weighted by atomic mass is 10.1. The summed E-state index contributed by atoms with van der Waals surface area (Å²) in [5.74, 6) is 0.127. The number of aryl methyl sites for hydroxylation is 1. The van der Waals surface area contributed by atoms with Gasteiger partial charge in [0.1, 0.15) is 10.8 Å². The van der Waals surface area contributed by atoms with Crippen LogP contribution in [-0.2, 0) is 23.3 Å². The fourth-order valence-electron chi connectivity index (χ4n) is 4.71. The monoisotopic (exact) mass is 628 g/mol. The van der Waals surface area contributed by atoms with Gasteiger partial charge in [0.15, 0.2) is 6.10 Å². The molecular weight excluding hydrogens is 597 g/mol. The number of carbonyl (C=O) groups is 1. The number of anilines is 1. The van der Waals surface area contributed by atoms with Gasteiger partial charge < -0.3 is 14.7 Å². The van der Waals surface area contributed by atoms with Gasteiger partial charge in [0, 0.05) is 71.9 Å². The zero-order chi connectivity index (χ0) is 30.6. The minimum atomic E-state index is -4.39. The Kier molecular flexibility index (Phi) is 9.58. The minimum absolute atomic E-state index is 0.522. The number of hydrogen-bond acceptors (Lipinski definition) is 8. The highest BCUT2D eigenvalue weighted by molar-refractivity contribution is 7.98. The van der Waals surface area contributed by atoms with Gasteiger partial charge in [0.05, 0.1) is 11.3 Å². The molecule has 2 aromatic carbocycles. The molecule has 7 nitrogen and oxygen atoms in total. The number of aromatic nitrogens is 2. The Balaban J connectivity index is 1.32. The topological polar surface area (TPSA) is 78.8 Å². The molecule has 1 fully saturated rings. The van der Waals surface area contributed by atoms with E-state index in [0.29, 0.717) is 28.6 Å². The molecule has 1 unspecified atom stereocenters. The first-order valence-electron chi connectivity index (χ1n) is 13.7. The summed E-state index contributed by atoms with van der Waals surface area (Å²) in [5, 5.41) is 9.84. The number of thiazole rings is 1. The SMILES string of the molecule is Cc1cc(SCc2sc(-c3ccc(C(F)(F)F)cc3)nc2CN2CCN(c3ccncc3)CC2)ccc1OC(C)C(=O)O. The van der Waals surface area contributed by atoms with Crippen molar-refractivity contribution in [3.8, 4) is 16.3 Å². The van der Waals surface area contributed by atoms with E-state index in [-0.39, 0.29) is 0 Å². The fourth-order valence-corrected chi connectivity index (χ4v) is 6.88. The number of benzene rings is 2. The van der Waals surface area contributed by atoms with Crippen LogP contribution in [0, 0.1) is 6.92 Å². The van der Waals surface area contributed by atoms with Gasteiger partial charge >= 0.3 is 12.1 Å². The fraction of sp³-hybridized carbons (Fsp3) is 0.323. The average molecular weight is 629 g/mol. The zero-order valence-electron chi connectivity index (χ0n) is 23.7. The number of pyridine rings is 1. The lowest BCUT2D eigenvalue weighted by molar-refractivity contribution is -0.144. The normalized spacial score (nSPS) is 15.0. The van der Waals surface area contributed by atoms with E-state index in [9.17, 15) is 18.0 Å². The second-order valence-corrected chi connectivity index (χ2v) is 12.4. The number of alkyl halides is 3. The number of carboxylic acids is 1. The van der Waals surface area contributed by atoms with Crippen LogP contribution < -0.4 is 9.64 Å². The van der Waals surface area contributed by atoms with E-state index in [1.165, 1.54) is 30.4 Å². The van der Waals surface area contributed by atoms with Crippen LogP contribution in [0.5, 0.6) is 5.75 Å². The lowest BCUT2D eigenvalue weighted by Gasteiger charge is -2.35. The third kappa shape index (κ3) is 7.87. The number of halogens is 3. The molecular formula is C31H31F3N4O3S2. The van der Waals surface area contributed by atoms with Gasteiger partial charge in [-0.15, -0.1) is 23.1 Å². The molecule has 0 saturated carbocycles. The van der Waals surface area contributed by atoms with E-state index >= 15 is 0 Å². The minimum Gasteiger partial charge on any atom is -0.479 e. The second kappa shape index (κ2) is 13.4. The van der Waals surface area contributed by atoms with E-state index in [0.717, 1.165) is 65.0 Å². The van der Waals surface area contributed by atoms with E-state index in [2.05, 4.69) is 14.8 Å². The summed E-state index contributed by atoms with van der Waals surface area (Å²) in [5.41, 5.74) is 2.88. The Morgan fingerprint density at radius 1 is 1.07 bits per heavy atom. The average Bonchev–Trinajstić information content (AvgIpc) is 3.40. The first-order valence-corrected chi connectivity index (χ1v) is 15.5. The van der Waals surface area contributed by atoms with E-state index in [1.54, 1.807) is 30.2 Å². The van der Waals surface area contributed by atoms with Crippen LogP contribution in [0.1, 0.15) is 28.6 Å². The predicted octanol–water partition coefficient (Wildman–Crippen LogP) is 7.00. The van der Waals surface area contributed by atoms with E-state index in [4.69, 9.17) is 14.8 Å². The van der Waals surface area contributed by atoms with Crippen LogP contribution in [0.3, 0.4) is 0 Å². The Hall–Kier alpha value is -3.61. The molecule has 0 radical (unpaired) electrons. The third-order valence-electron chi connectivity index (χ3n) is 7.18. The maximum absolute atomic E-state index is 13.1. The molecule has 0 bridgehead atoms. The van der Waals surface area contributed by atoms with Crippen molar-refractivity contribution < 1.29 is 27.8 Å². The standard InChI is InChI=1S/C31H31F3N4O3S2/c1-20-17-25(7-8-27(20)41-21(2)30(39)40)42-19-28-26(18-37-13-15-38(16-14-37)24-9-11-35-12-10-24)36-29(43-28)22-3-5-23(6-4-22)31(32,33)34/h3-12,17,21H,13-16,18-19H2,1-2H3,(H,39,40). The summed E-state index contributed by atoms with van der Waals surface area (Å²) in [7, 11) is 0. The van der Waals surface area contributed by atoms with Crippen LogP contribution in [0.15, 0.2) is 71.9 Å². The van der Waals surface area contributed by atoms with Crippen LogP contribution in [-0.4, -0.2) is 58.2 Å². The van der Waals surface area contributed by atoms with Gasteiger partial charge in [0.25, 0.3) is 0 Å². The predicted molar refractivity (Wildman–Crippen MR) is 163 cm³/mol. The Labute approximate surface area is 256 Å². The van der Waals surface area contributed by atoms with Gasteiger partial charge in [-0.1, -0.05) is 12.1 Å². The number of rotatable bonds is 10. The molecule has 1 aliphatic rings. The van der Waals surface area contributed by atoms with Crippen molar-refractivity contribution in [3.05, 3.63) is 88.7 Å². The first-order chi connectivity index (χ1) is 20.6.